The lowest BCUT2D eigenvalue weighted by molar-refractivity contribution is 0.386. The molecule has 3 rings (SSSR count). The van der Waals surface area contributed by atoms with Gasteiger partial charge in [0.2, 0.25) is 0 Å². The summed E-state index contributed by atoms with van der Waals surface area (Å²) in [5, 5.41) is 26.7. The fraction of sp³-hybridized carbons (Fsp3) is 0.176. The molecule has 0 unspecified atom stereocenters. The smallest absolute Gasteiger partial charge is 0.200 e. The van der Waals surface area contributed by atoms with Crippen LogP contribution in [0.1, 0.15) is 23.4 Å². The second-order valence-corrected chi connectivity index (χ2v) is 5.89. The molecule has 0 aliphatic heterocycles. The Labute approximate surface area is 138 Å². The number of nitrogens with one attached hydrogen (secondary N) is 1. The van der Waals surface area contributed by atoms with E-state index < -0.39 is 0 Å². The minimum Gasteiger partial charge on any atom is -0.512 e. The van der Waals surface area contributed by atoms with Gasteiger partial charge >= 0.3 is 0 Å². The fourth-order valence-corrected chi connectivity index (χ4v) is 2.81. The van der Waals surface area contributed by atoms with E-state index in [2.05, 4.69) is 10.2 Å². The summed E-state index contributed by atoms with van der Waals surface area (Å²) < 4.78 is 2.34. The minimum absolute atomic E-state index is 0.00455. The molecule has 0 saturated heterocycles. The zero-order valence-corrected chi connectivity index (χ0v) is 13.7. The van der Waals surface area contributed by atoms with Crippen molar-refractivity contribution < 1.29 is 10.2 Å². The standard InChI is InChI=1S/C17H17N3O2S/c1-10-4-3-5-15(11(10)2)20-16(18-19-17(20)23)12-6-7-13(21)9-14(22)8-12/h3-7,9,21-22H,8H2,1-2H3,(H,19,23). The maximum absolute atomic E-state index is 9.90. The number of hydrogen-bond donors (Lipinski definition) is 3. The molecule has 1 heterocycles. The summed E-state index contributed by atoms with van der Waals surface area (Å²) in [6.45, 7) is 4.08. The molecular formula is C17H17N3O2S. The van der Waals surface area contributed by atoms with Crippen molar-refractivity contribution >= 4 is 17.8 Å². The second-order valence-electron chi connectivity index (χ2n) is 5.50. The summed E-state index contributed by atoms with van der Waals surface area (Å²) in [4.78, 5) is 0. The first-order valence-electron chi connectivity index (χ1n) is 7.21. The Morgan fingerprint density at radius 1 is 1.22 bits per heavy atom. The fourth-order valence-electron chi connectivity index (χ4n) is 2.58. The summed E-state index contributed by atoms with van der Waals surface area (Å²) in [5.74, 6) is 0.698. The normalized spacial score (nSPS) is 14.8. The molecule has 0 saturated carbocycles. The van der Waals surface area contributed by atoms with Crippen LogP contribution in [0.4, 0.5) is 0 Å². The molecule has 1 aliphatic carbocycles. The first kappa shape index (κ1) is 15.3. The Kier molecular flexibility index (Phi) is 3.92. The Morgan fingerprint density at radius 3 is 2.78 bits per heavy atom. The SMILES string of the molecule is Cc1cccc(-n2c(C3=CC=C(O)C=C(O)C3)n[nH]c2=S)c1C. The van der Waals surface area contributed by atoms with Crippen molar-refractivity contribution in [3.05, 3.63) is 69.7 Å². The number of aliphatic hydroxyl groups is 2. The van der Waals surface area contributed by atoms with E-state index in [1.165, 1.54) is 12.2 Å². The third kappa shape index (κ3) is 2.85. The van der Waals surface area contributed by atoms with Gasteiger partial charge in [0.1, 0.15) is 11.5 Å². The van der Waals surface area contributed by atoms with Crippen LogP contribution >= 0.6 is 12.2 Å². The van der Waals surface area contributed by atoms with Crippen LogP contribution in [0.3, 0.4) is 0 Å². The van der Waals surface area contributed by atoms with E-state index in [0.717, 1.165) is 22.4 Å². The van der Waals surface area contributed by atoms with Crippen LogP contribution in [-0.4, -0.2) is 25.0 Å². The topological polar surface area (TPSA) is 74.1 Å². The Balaban J connectivity index is 2.19. The second kappa shape index (κ2) is 5.89. The van der Waals surface area contributed by atoms with Crippen LogP contribution in [0.2, 0.25) is 0 Å². The predicted molar refractivity (Wildman–Crippen MR) is 92.2 cm³/mol. The number of H-pyrrole nitrogens is 1. The van der Waals surface area contributed by atoms with E-state index >= 15 is 0 Å². The Morgan fingerprint density at radius 2 is 2.00 bits per heavy atom. The van der Waals surface area contributed by atoms with Gasteiger partial charge in [-0.05, 0) is 49.3 Å². The number of hydrogen-bond acceptors (Lipinski definition) is 4. The van der Waals surface area contributed by atoms with Gasteiger partial charge in [0, 0.05) is 18.1 Å². The van der Waals surface area contributed by atoms with Crippen molar-refractivity contribution in [3.63, 3.8) is 0 Å². The van der Waals surface area contributed by atoms with Gasteiger partial charge in [0.15, 0.2) is 10.6 Å². The van der Waals surface area contributed by atoms with Gasteiger partial charge in [-0.25, -0.2) is 0 Å². The number of benzene rings is 1. The van der Waals surface area contributed by atoms with Gasteiger partial charge in [0.25, 0.3) is 0 Å². The predicted octanol–water partition coefficient (Wildman–Crippen LogP) is 4.22. The highest BCUT2D eigenvalue weighted by Gasteiger charge is 2.17. The van der Waals surface area contributed by atoms with E-state index in [9.17, 15) is 10.2 Å². The van der Waals surface area contributed by atoms with Gasteiger partial charge < -0.3 is 10.2 Å². The first-order valence-corrected chi connectivity index (χ1v) is 7.62. The Bertz CT molecular complexity index is 916. The number of aromatic amines is 1. The molecule has 3 N–H and O–H groups in total. The van der Waals surface area contributed by atoms with Gasteiger partial charge in [-0.15, -0.1) is 0 Å². The van der Waals surface area contributed by atoms with Crippen molar-refractivity contribution in [3.8, 4) is 5.69 Å². The molecule has 1 aliphatic rings. The molecule has 1 aromatic carbocycles. The number of aromatic nitrogens is 3. The van der Waals surface area contributed by atoms with Crippen LogP contribution < -0.4 is 0 Å². The van der Waals surface area contributed by atoms with Crippen LogP contribution in [0.15, 0.2) is 47.9 Å². The third-order valence-electron chi connectivity index (χ3n) is 3.92. The van der Waals surface area contributed by atoms with E-state index in [4.69, 9.17) is 12.2 Å². The van der Waals surface area contributed by atoms with Gasteiger partial charge in [0.05, 0.1) is 5.69 Å². The molecule has 0 fully saturated rings. The van der Waals surface area contributed by atoms with E-state index in [-0.39, 0.29) is 17.9 Å². The van der Waals surface area contributed by atoms with Crippen molar-refractivity contribution in [1.29, 1.82) is 0 Å². The van der Waals surface area contributed by atoms with Gasteiger partial charge in [-0.2, -0.15) is 5.10 Å². The number of rotatable bonds is 2. The molecular weight excluding hydrogens is 310 g/mol. The zero-order chi connectivity index (χ0) is 16.6. The number of aryl methyl sites for hydroxylation is 1. The average molecular weight is 327 g/mol. The maximum atomic E-state index is 9.90. The van der Waals surface area contributed by atoms with Gasteiger partial charge in [-0.3, -0.25) is 9.67 Å². The zero-order valence-electron chi connectivity index (χ0n) is 12.9. The van der Waals surface area contributed by atoms with Crippen molar-refractivity contribution in [2.45, 2.75) is 20.3 Å². The first-order chi connectivity index (χ1) is 11.0. The van der Waals surface area contributed by atoms with Crippen molar-refractivity contribution in [1.82, 2.24) is 14.8 Å². The molecule has 0 bridgehead atoms. The summed E-state index contributed by atoms with van der Waals surface area (Å²) >= 11 is 5.39. The largest absolute Gasteiger partial charge is 0.512 e. The molecule has 0 radical (unpaired) electrons. The summed E-state index contributed by atoms with van der Waals surface area (Å²) in [6.07, 6.45) is 4.86. The van der Waals surface area contributed by atoms with E-state index in [1.54, 1.807) is 6.08 Å². The lowest BCUT2D eigenvalue weighted by Crippen LogP contribution is -2.04. The van der Waals surface area contributed by atoms with Crippen LogP contribution in [0, 0.1) is 18.6 Å². The highest BCUT2D eigenvalue weighted by atomic mass is 32.1. The van der Waals surface area contributed by atoms with Crippen molar-refractivity contribution in [2.75, 3.05) is 0 Å². The summed E-state index contributed by atoms with van der Waals surface area (Å²) in [6, 6.07) is 6.00. The molecule has 23 heavy (non-hydrogen) atoms. The van der Waals surface area contributed by atoms with E-state index in [0.29, 0.717) is 10.6 Å². The minimum atomic E-state index is 0.00455. The molecule has 0 spiro atoms. The van der Waals surface area contributed by atoms with Crippen LogP contribution in [0.25, 0.3) is 11.3 Å². The maximum Gasteiger partial charge on any atom is 0.200 e. The van der Waals surface area contributed by atoms with Gasteiger partial charge in [-0.1, -0.05) is 18.2 Å². The summed E-state index contributed by atoms with van der Waals surface area (Å²) in [7, 11) is 0. The van der Waals surface area contributed by atoms with E-state index in [1.807, 2.05) is 36.6 Å². The quantitative estimate of drug-likeness (QED) is 0.722. The molecule has 1 aromatic heterocycles. The molecule has 6 heteroatoms. The van der Waals surface area contributed by atoms with Crippen LogP contribution in [0.5, 0.6) is 0 Å². The lowest BCUT2D eigenvalue weighted by Gasteiger charge is -2.13. The lowest BCUT2D eigenvalue weighted by atomic mass is 10.1. The van der Waals surface area contributed by atoms with Crippen molar-refractivity contribution in [2.24, 2.45) is 0 Å². The molecule has 0 amide bonds. The number of aliphatic hydroxyl groups excluding tert-OH is 2. The molecule has 0 atom stereocenters. The Hall–Kier alpha value is -2.60. The van der Waals surface area contributed by atoms with Crippen LogP contribution in [-0.2, 0) is 0 Å². The number of allylic oxidation sites excluding steroid dienone is 4. The molecule has 2 aromatic rings. The molecule has 5 nitrogen and oxygen atoms in total. The third-order valence-corrected chi connectivity index (χ3v) is 4.19. The average Bonchev–Trinajstić information content (AvgIpc) is 2.78. The molecule has 118 valence electrons. The number of nitrogens with zero attached hydrogens (tertiary/aromatic N) is 2. The summed E-state index contributed by atoms with van der Waals surface area (Å²) in [5.41, 5.74) is 3.97. The highest BCUT2D eigenvalue weighted by Crippen LogP contribution is 2.27. The monoisotopic (exact) mass is 327 g/mol. The highest BCUT2D eigenvalue weighted by molar-refractivity contribution is 7.71.